The maximum Gasteiger partial charge on any atom is 2.00 e. The molecule has 0 aromatic carbocycles. The summed E-state index contributed by atoms with van der Waals surface area (Å²) in [5.74, 6) is 0.560. The molecule has 0 aromatic rings. The van der Waals surface area contributed by atoms with E-state index in [0.29, 0.717) is 12.5 Å². The minimum absolute atomic E-state index is 0. The average Bonchev–Trinajstić information content (AvgIpc) is 3.15. The second-order valence-corrected chi connectivity index (χ2v) is 15.8. The summed E-state index contributed by atoms with van der Waals surface area (Å²) in [5, 5.41) is 18.1. The molecule has 0 amide bonds. The Balaban J connectivity index is -0.000000354. The number of hydrogen-bond donors (Lipinski definition) is 1. The third-order valence-electron chi connectivity index (χ3n) is 10.5. The largest absolute Gasteiger partial charge is 2.00 e. The molecule has 1 atom stereocenters. The van der Waals surface area contributed by atoms with E-state index in [9.17, 15) is 0 Å². The molecule has 0 saturated heterocycles. The van der Waals surface area contributed by atoms with Gasteiger partial charge in [0.25, 0.3) is 0 Å². The maximum absolute atomic E-state index is 8.75. The van der Waals surface area contributed by atoms with E-state index in [1.54, 1.807) is 0 Å². The SMILES string of the molecule is CCCCC(CC)CO.CCCCCCCCCC[N-]CCCCCCCCCC.CCCCCCCCCC[N-]CCCCCCCCCC.[Ti+2]. The van der Waals surface area contributed by atoms with Crippen molar-refractivity contribution in [3.63, 3.8) is 0 Å². The van der Waals surface area contributed by atoms with Gasteiger partial charge < -0.3 is 15.7 Å². The molecule has 0 bridgehead atoms. The molecule has 3 nitrogen and oxygen atoms in total. The number of nitrogens with zero attached hydrogens (tertiary/aromatic N) is 2. The summed E-state index contributed by atoms with van der Waals surface area (Å²) in [7, 11) is 0. The third kappa shape index (κ3) is 62.6. The molecule has 0 rings (SSSR count). The zero-order valence-corrected chi connectivity index (χ0v) is 39.0. The molecular formula is C48H102N2OTi. The Morgan fingerprint density at radius 1 is 0.308 bits per heavy atom. The number of hydrogen-bond acceptors (Lipinski definition) is 1. The Hall–Kier alpha value is 0.594. The van der Waals surface area contributed by atoms with Crippen molar-refractivity contribution in [1.29, 1.82) is 0 Å². The van der Waals surface area contributed by atoms with Crippen molar-refractivity contribution in [1.82, 2.24) is 0 Å². The van der Waals surface area contributed by atoms with Crippen LogP contribution in [0.2, 0.25) is 0 Å². The van der Waals surface area contributed by atoms with Crippen LogP contribution >= 0.6 is 0 Å². The van der Waals surface area contributed by atoms with E-state index < -0.39 is 0 Å². The first kappa shape index (κ1) is 59.3. The second kappa shape index (κ2) is 60.8. The number of unbranched alkanes of at least 4 members (excludes halogenated alkanes) is 29. The fraction of sp³-hybridized carbons (Fsp3) is 1.00. The molecule has 0 aliphatic rings. The van der Waals surface area contributed by atoms with Gasteiger partial charge in [-0.3, -0.25) is 0 Å². The molecule has 1 N–H and O–H groups in total. The maximum atomic E-state index is 8.75. The van der Waals surface area contributed by atoms with Crippen molar-refractivity contribution < 1.29 is 26.8 Å². The fourth-order valence-electron chi connectivity index (χ4n) is 6.57. The van der Waals surface area contributed by atoms with Crippen molar-refractivity contribution in [3.8, 4) is 0 Å². The van der Waals surface area contributed by atoms with Gasteiger partial charge in [0.2, 0.25) is 0 Å². The van der Waals surface area contributed by atoms with Crippen LogP contribution in [0.1, 0.15) is 273 Å². The van der Waals surface area contributed by atoms with Crippen molar-refractivity contribution in [3.05, 3.63) is 10.6 Å². The first-order valence-corrected chi connectivity index (χ1v) is 24.0. The summed E-state index contributed by atoms with van der Waals surface area (Å²) in [6.45, 7) is 18.3. The minimum Gasteiger partial charge on any atom is -0.662 e. The van der Waals surface area contributed by atoms with E-state index in [0.717, 1.165) is 32.6 Å². The van der Waals surface area contributed by atoms with Gasteiger partial charge in [0.15, 0.2) is 0 Å². The van der Waals surface area contributed by atoms with Crippen LogP contribution in [-0.4, -0.2) is 37.9 Å². The Bertz CT molecular complexity index is 457. The van der Waals surface area contributed by atoms with Crippen molar-refractivity contribution in [2.75, 3.05) is 32.8 Å². The van der Waals surface area contributed by atoms with Crippen LogP contribution in [0.3, 0.4) is 0 Å². The van der Waals surface area contributed by atoms with Gasteiger partial charge in [-0.2, -0.15) is 0 Å². The first-order valence-electron chi connectivity index (χ1n) is 24.0. The molecule has 4 heteroatoms. The van der Waals surface area contributed by atoms with E-state index in [1.165, 1.54) is 225 Å². The van der Waals surface area contributed by atoms with Gasteiger partial charge in [-0.15, -0.1) is 26.2 Å². The molecule has 0 radical (unpaired) electrons. The molecule has 0 aliphatic heterocycles. The van der Waals surface area contributed by atoms with E-state index in [1.807, 2.05) is 0 Å². The average molecular weight is 771 g/mol. The summed E-state index contributed by atoms with van der Waals surface area (Å²) in [4.78, 5) is 0. The zero-order valence-electron chi connectivity index (χ0n) is 37.4. The Morgan fingerprint density at radius 2 is 0.519 bits per heavy atom. The number of rotatable bonds is 41. The minimum atomic E-state index is 0. The van der Waals surface area contributed by atoms with Gasteiger partial charge >= 0.3 is 21.7 Å². The number of aliphatic hydroxyl groups is 1. The van der Waals surface area contributed by atoms with E-state index >= 15 is 0 Å². The quantitative estimate of drug-likeness (QED) is 0.0488. The summed E-state index contributed by atoms with van der Waals surface area (Å²) in [5.41, 5.74) is 0. The van der Waals surface area contributed by atoms with Crippen LogP contribution in [0, 0.1) is 5.92 Å². The van der Waals surface area contributed by atoms with Crippen molar-refractivity contribution >= 4 is 0 Å². The summed E-state index contributed by atoms with van der Waals surface area (Å²) < 4.78 is 0. The standard InChI is InChI=1S/2C20H42N.C8H18O.Ti/c2*1-3-5-7-9-11-13-15-17-19-21-20-18-16-14-12-10-8-6-4-2;1-3-5-6-8(4-2)7-9;/h2*3-20H2,1-2H3;8-9H,3-7H2,1-2H3;/q2*-1;;+2. The zero-order chi connectivity index (χ0) is 38.0. The molecule has 0 spiro atoms. The number of aliphatic hydroxyl groups excluding tert-OH is 1. The van der Waals surface area contributed by atoms with Gasteiger partial charge in [-0.1, -0.05) is 266 Å². The van der Waals surface area contributed by atoms with Crippen molar-refractivity contribution in [2.24, 2.45) is 5.92 Å². The van der Waals surface area contributed by atoms with Crippen LogP contribution in [0.25, 0.3) is 10.6 Å². The molecule has 0 saturated carbocycles. The first-order chi connectivity index (χ1) is 25.2. The summed E-state index contributed by atoms with van der Waals surface area (Å²) in [6, 6.07) is 0. The van der Waals surface area contributed by atoms with Crippen LogP contribution in [0.5, 0.6) is 0 Å². The Labute approximate surface area is 347 Å². The molecule has 0 fully saturated rings. The van der Waals surface area contributed by atoms with Crippen LogP contribution in [0.4, 0.5) is 0 Å². The molecule has 0 heterocycles. The van der Waals surface area contributed by atoms with E-state index in [2.05, 4.69) is 52.2 Å². The molecule has 314 valence electrons. The summed E-state index contributed by atoms with van der Waals surface area (Å²) >= 11 is 0. The van der Waals surface area contributed by atoms with Crippen LogP contribution in [-0.2, 0) is 21.7 Å². The predicted octanol–water partition coefficient (Wildman–Crippen LogP) is 17.5. The van der Waals surface area contributed by atoms with Crippen LogP contribution < -0.4 is 0 Å². The van der Waals surface area contributed by atoms with Gasteiger partial charge in [-0.25, -0.2) is 0 Å². The van der Waals surface area contributed by atoms with E-state index in [4.69, 9.17) is 5.11 Å². The second-order valence-electron chi connectivity index (χ2n) is 15.8. The normalized spacial score (nSPS) is 11.4. The molecule has 1 unspecified atom stereocenters. The predicted molar refractivity (Wildman–Crippen MR) is 237 cm³/mol. The van der Waals surface area contributed by atoms with E-state index in [-0.39, 0.29) is 21.7 Å². The summed E-state index contributed by atoms with van der Waals surface area (Å²) in [6.07, 6.45) is 49.9. The third-order valence-corrected chi connectivity index (χ3v) is 10.5. The molecule has 52 heavy (non-hydrogen) atoms. The topological polar surface area (TPSA) is 48.4 Å². The fourth-order valence-corrected chi connectivity index (χ4v) is 6.57. The van der Waals surface area contributed by atoms with Gasteiger partial charge in [0, 0.05) is 6.61 Å². The molecular weight excluding hydrogens is 668 g/mol. The van der Waals surface area contributed by atoms with Gasteiger partial charge in [0.05, 0.1) is 0 Å². The Kier molecular flexibility index (Phi) is 69.4. The van der Waals surface area contributed by atoms with Crippen LogP contribution in [0.15, 0.2) is 0 Å². The smallest absolute Gasteiger partial charge is 0.662 e. The van der Waals surface area contributed by atoms with Gasteiger partial charge in [-0.05, 0) is 12.3 Å². The van der Waals surface area contributed by atoms with Crippen molar-refractivity contribution in [2.45, 2.75) is 273 Å². The molecule has 0 aromatic heterocycles. The monoisotopic (exact) mass is 771 g/mol. The Morgan fingerprint density at radius 3 is 0.712 bits per heavy atom. The molecule has 0 aliphatic carbocycles. The van der Waals surface area contributed by atoms with Gasteiger partial charge in [0.1, 0.15) is 0 Å².